The van der Waals surface area contributed by atoms with Gasteiger partial charge in [0.1, 0.15) is 17.8 Å². The Morgan fingerprint density at radius 2 is 2.00 bits per heavy atom. The molecule has 2 aromatic rings. The Hall–Kier alpha value is -1.68. The largest absolute Gasteiger partial charge is 0.466 e. The number of nitrogens with zero attached hydrogens (tertiary/aromatic N) is 2. The van der Waals surface area contributed by atoms with E-state index in [4.69, 9.17) is 4.42 Å². The maximum Gasteiger partial charge on any atom is 0.115 e. The molecule has 0 saturated heterocycles. The smallest absolute Gasteiger partial charge is 0.115 e. The van der Waals surface area contributed by atoms with Crippen LogP contribution in [-0.4, -0.2) is 9.97 Å². The van der Waals surface area contributed by atoms with E-state index in [9.17, 15) is 0 Å². The normalized spacial score (nSPS) is 12.6. The van der Waals surface area contributed by atoms with Gasteiger partial charge >= 0.3 is 0 Å². The van der Waals surface area contributed by atoms with Gasteiger partial charge < -0.3 is 9.73 Å². The third kappa shape index (κ3) is 2.91. The Balaban J connectivity index is 1.98. The fraction of sp³-hybridized carbons (Fsp3) is 0.385. The number of furan rings is 1. The molecule has 0 spiro atoms. The van der Waals surface area contributed by atoms with Gasteiger partial charge in [-0.2, -0.15) is 0 Å². The quantitative estimate of drug-likeness (QED) is 0.878. The summed E-state index contributed by atoms with van der Waals surface area (Å²) in [5.41, 5.74) is 2.29. The Morgan fingerprint density at radius 3 is 2.59 bits per heavy atom. The van der Waals surface area contributed by atoms with E-state index < -0.39 is 0 Å². The van der Waals surface area contributed by atoms with Gasteiger partial charge in [-0.25, -0.2) is 9.97 Å². The van der Waals surface area contributed by atoms with Gasteiger partial charge in [0.15, 0.2) is 0 Å². The molecule has 1 atom stereocenters. The molecule has 0 aliphatic rings. The first-order valence-corrected chi connectivity index (χ1v) is 5.71. The molecule has 0 fully saturated rings. The van der Waals surface area contributed by atoms with E-state index >= 15 is 0 Å². The summed E-state index contributed by atoms with van der Waals surface area (Å²) in [6.07, 6.45) is 5.18. The molecule has 2 rings (SSSR count). The summed E-state index contributed by atoms with van der Waals surface area (Å²) in [4.78, 5) is 7.97. The molecule has 0 aromatic carbocycles. The molecule has 4 nitrogen and oxygen atoms in total. The molecule has 0 aliphatic carbocycles. The Bertz CT molecular complexity index is 479. The van der Waals surface area contributed by atoms with Crippen LogP contribution in [0.1, 0.15) is 35.6 Å². The molecular weight excluding hydrogens is 214 g/mol. The maximum atomic E-state index is 5.52. The number of nitrogens with one attached hydrogen (secondary N) is 1. The van der Waals surface area contributed by atoms with Crippen molar-refractivity contribution in [2.75, 3.05) is 0 Å². The van der Waals surface area contributed by atoms with Gasteiger partial charge in [0, 0.05) is 36.1 Å². The second kappa shape index (κ2) is 5.10. The minimum absolute atomic E-state index is 0.257. The summed E-state index contributed by atoms with van der Waals surface area (Å²) in [6, 6.07) is 2.33. The van der Waals surface area contributed by atoms with Crippen molar-refractivity contribution in [1.82, 2.24) is 15.3 Å². The van der Waals surface area contributed by atoms with Crippen LogP contribution in [0.3, 0.4) is 0 Å². The van der Waals surface area contributed by atoms with Gasteiger partial charge in [-0.15, -0.1) is 0 Å². The monoisotopic (exact) mass is 231 g/mol. The summed E-state index contributed by atoms with van der Waals surface area (Å²) in [7, 11) is 0. The lowest BCUT2D eigenvalue weighted by Gasteiger charge is -2.12. The molecule has 2 aromatic heterocycles. The van der Waals surface area contributed by atoms with Crippen LogP contribution in [-0.2, 0) is 6.54 Å². The van der Waals surface area contributed by atoms with Crippen molar-refractivity contribution in [1.29, 1.82) is 0 Å². The molecule has 2 heterocycles. The van der Waals surface area contributed by atoms with Gasteiger partial charge in [-0.3, -0.25) is 0 Å². The highest BCUT2D eigenvalue weighted by Gasteiger charge is 2.11. The van der Waals surface area contributed by atoms with Crippen molar-refractivity contribution in [3.63, 3.8) is 0 Å². The van der Waals surface area contributed by atoms with Crippen LogP contribution >= 0.6 is 0 Å². The maximum absolute atomic E-state index is 5.52. The van der Waals surface area contributed by atoms with Gasteiger partial charge in [0.25, 0.3) is 0 Å². The number of hydrogen-bond acceptors (Lipinski definition) is 4. The van der Waals surface area contributed by atoms with Crippen LogP contribution in [0.2, 0.25) is 0 Å². The van der Waals surface area contributed by atoms with E-state index in [1.54, 1.807) is 0 Å². The van der Waals surface area contributed by atoms with Crippen LogP contribution in [0.4, 0.5) is 0 Å². The fourth-order valence-corrected chi connectivity index (χ4v) is 1.88. The number of hydrogen-bond donors (Lipinski definition) is 1. The van der Waals surface area contributed by atoms with Gasteiger partial charge in [0.05, 0.1) is 0 Å². The lowest BCUT2D eigenvalue weighted by atomic mass is 10.1. The third-order valence-electron chi connectivity index (χ3n) is 2.77. The predicted molar refractivity (Wildman–Crippen MR) is 65.5 cm³/mol. The Kier molecular flexibility index (Phi) is 3.54. The fourth-order valence-electron chi connectivity index (χ4n) is 1.88. The summed E-state index contributed by atoms with van der Waals surface area (Å²) in [5.74, 6) is 1.93. The van der Waals surface area contributed by atoms with E-state index in [0.29, 0.717) is 0 Å². The Morgan fingerprint density at radius 1 is 1.29 bits per heavy atom. The highest BCUT2D eigenvalue weighted by Crippen LogP contribution is 2.21. The zero-order valence-corrected chi connectivity index (χ0v) is 10.4. The van der Waals surface area contributed by atoms with E-state index in [-0.39, 0.29) is 6.04 Å². The number of rotatable bonds is 4. The van der Waals surface area contributed by atoms with Crippen molar-refractivity contribution in [2.45, 2.75) is 33.4 Å². The van der Waals surface area contributed by atoms with Crippen LogP contribution in [0, 0.1) is 13.8 Å². The van der Waals surface area contributed by atoms with E-state index in [1.165, 1.54) is 11.9 Å². The third-order valence-corrected chi connectivity index (χ3v) is 2.77. The molecule has 0 saturated carbocycles. The zero-order valence-electron chi connectivity index (χ0n) is 10.4. The van der Waals surface area contributed by atoms with Gasteiger partial charge in [0.2, 0.25) is 0 Å². The van der Waals surface area contributed by atoms with Crippen LogP contribution < -0.4 is 5.32 Å². The standard InChI is InChI=1S/C13H17N3O/c1-9-4-13(11(3)17-9)10(2)16-7-12-5-14-8-15-6-12/h4-6,8,10,16H,7H2,1-3H3. The van der Waals surface area contributed by atoms with Crippen molar-refractivity contribution in [3.8, 4) is 0 Å². The first-order valence-electron chi connectivity index (χ1n) is 5.71. The second-order valence-electron chi connectivity index (χ2n) is 4.22. The molecule has 0 amide bonds. The molecular formula is C13H17N3O. The van der Waals surface area contributed by atoms with E-state index in [0.717, 1.165) is 23.6 Å². The summed E-state index contributed by atoms with van der Waals surface area (Å²) in [5, 5.41) is 3.43. The van der Waals surface area contributed by atoms with Crippen LogP contribution in [0.5, 0.6) is 0 Å². The predicted octanol–water partition coefficient (Wildman–Crippen LogP) is 2.54. The summed E-state index contributed by atoms with van der Waals surface area (Å²) in [6.45, 7) is 6.84. The first kappa shape index (κ1) is 11.8. The van der Waals surface area contributed by atoms with Gasteiger partial charge in [-0.1, -0.05) is 0 Å². The molecule has 0 aliphatic heterocycles. The average molecular weight is 231 g/mol. The molecule has 0 radical (unpaired) electrons. The number of aryl methyl sites for hydroxylation is 2. The minimum atomic E-state index is 0.257. The van der Waals surface area contributed by atoms with E-state index in [2.05, 4.69) is 28.3 Å². The van der Waals surface area contributed by atoms with Crippen molar-refractivity contribution in [2.24, 2.45) is 0 Å². The Labute approximate surface area is 101 Å². The topological polar surface area (TPSA) is 51.0 Å². The minimum Gasteiger partial charge on any atom is -0.466 e. The lowest BCUT2D eigenvalue weighted by molar-refractivity contribution is 0.489. The van der Waals surface area contributed by atoms with Crippen molar-refractivity contribution < 1.29 is 4.42 Å². The summed E-state index contributed by atoms with van der Waals surface area (Å²) < 4.78 is 5.52. The van der Waals surface area contributed by atoms with Crippen molar-refractivity contribution >= 4 is 0 Å². The summed E-state index contributed by atoms with van der Waals surface area (Å²) >= 11 is 0. The number of aromatic nitrogens is 2. The first-order chi connectivity index (χ1) is 8.16. The van der Waals surface area contributed by atoms with Crippen LogP contribution in [0.25, 0.3) is 0 Å². The van der Waals surface area contributed by atoms with Crippen molar-refractivity contribution in [3.05, 3.63) is 47.4 Å². The lowest BCUT2D eigenvalue weighted by Crippen LogP contribution is -2.18. The SMILES string of the molecule is Cc1cc(C(C)NCc2cncnc2)c(C)o1. The highest BCUT2D eigenvalue weighted by atomic mass is 16.3. The van der Waals surface area contributed by atoms with E-state index in [1.807, 2.05) is 26.2 Å². The molecule has 0 bridgehead atoms. The van der Waals surface area contributed by atoms with Gasteiger partial charge in [-0.05, 0) is 26.8 Å². The van der Waals surface area contributed by atoms with Crippen LogP contribution in [0.15, 0.2) is 29.2 Å². The highest BCUT2D eigenvalue weighted by molar-refractivity contribution is 5.23. The average Bonchev–Trinajstić information content (AvgIpc) is 2.67. The molecule has 4 heteroatoms. The zero-order chi connectivity index (χ0) is 12.3. The molecule has 1 N–H and O–H groups in total. The molecule has 90 valence electrons. The molecule has 17 heavy (non-hydrogen) atoms. The molecule has 1 unspecified atom stereocenters. The second-order valence-corrected chi connectivity index (χ2v) is 4.22.